The lowest BCUT2D eigenvalue weighted by Gasteiger charge is -2.36. The standard InChI is InChI=1S/C10H19NO/c1-9(2)4-7-11-8-10(12)5-3-6-10/h4,11-12H,3,5-8H2,1-2H3. The largest absolute Gasteiger partial charge is 0.389 e. The molecule has 1 rings (SSSR count). The van der Waals surface area contributed by atoms with Crippen LogP contribution in [-0.4, -0.2) is 23.8 Å². The average molecular weight is 169 g/mol. The van der Waals surface area contributed by atoms with Crippen LogP contribution in [0.25, 0.3) is 0 Å². The van der Waals surface area contributed by atoms with E-state index in [0.717, 1.165) is 25.9 Å². The summed E-state index contributed by atoms with van der Waals surface area (Å²) in [6, 6.07) is 0. The van der Waals surface area contributed by atoms with Crippen molar-refractivity contribution in [3.8, 4) is 0 Å². The smallest absolute Gasteiger partial charge is 0.0771 e. The fourth-order valence-electron chi connectivity index (χ4n) is 1.34. The summed E-state index contributed by atoms with van der Waals surface area (Å²) in [4.78, 5) is 0. The summed E-state index contributed by atoms with van der Waals surface area (Å²) in [6.07, 6.45) is 5.26. The van der Waals surface area contributed by atoms with Crippen LogP contribution in [0.15, 0.2) is 11.6 Å². The van der Waals surface area contributed by atoms with Gasteiger partial charge in [0.15, 0.2) is 0 Å². The van der Waals surface area contributed by atoms with Crippen molar-refractivity contribution in [2.45, 2.75) is 38.7 Å². The van der Waals surface area contributed by atoms with Crippen molar-refractivity contribution in [1.29, 1.82) is 0 Å². The molecule has 0 aromatic carbocycles. The van der Waals surface area contributed by atoms with Crippen LogP contribution < -0.4 is 5.32 Å². The first-order valence-corrected chi connectivity index (χ1v) is 4.69. The number of allylic oxidation sites excluding steroid dienone is 1. The minimum absolute atomic E-state index is 0.379. The summed E-state index contributed by atoms with van der Waals surface area (Å²) in [5, 5.41) is 12.9. The molecule has 0 atom stereocenters. The molecular formula is C10H19NO. The molecule has 1 aliphatic carbocycles. The van der Waals surface area contributed by atoms with E-state index in [1.807, 2.05) is 0 Å². The minimum atomic E-state index is -0.379. The third-order valence-electron chi connectivity index (χ3n) is 2.39. The first-order chi connectivity index (χ1) is 5.62. The lowest BCUT2D eigenvalue weighted by atomic mass is 9.80. The third kappa shape index (κ3) is 2.95. The Morgan fingerprint density at radius 1 is 1.50 bits per heavy atom. The molecule has 1 aliphatic rings. The highest BCUT2D eigenvalue weighted by atomic mass is 16.3. The van der Waals surface area contributed by atoms with Gasteiger partial charge < -0.3 is 10.4 Å². The molecule has 2 heteroatoms. The van der Waals surface area contributed by atoms with E-state index < -0.39 is 0 Å². The van der Waals surface area contributed by atoms with Crippen molar-refractivity contribution >= 4 is 0 Å². The van der Waals surface area contributed by atoms with Crippen LogP contribution >= 0.6 is 0 Å². The van der Waals surface area contributed by atoms with Gasteiger partial charge in [0.2, 0.25) is 0 Å². The maximum Gasteiger partial charge on any atom is 0.0771 e. The van der Waals surface area contributed by atoms with E-state index in [4.69, 9.17) is 0 Å². The van der Waals surface area contributed by atoms with Crippen molar-refractivity contribution < 1.29 is 5.11 Å². The van der Waals surface area contributed by atoms with Gasteiger partial charge in [0, 0.05) is 13.1 Å². The van der Waals surface area contributed by atoms with Gasteiger partial charge in [-0.2, -0.15) is 0 Å². The summed E-state index contributed by atoms with van der Waals surface area (Å²) in [6.45, 7) is 5.79. The Labute approximate surface area is 74.7 Å². The summed E-state index contributed by atoms with van der Waals surface area (Å²) in [7, 11) is 0. The molecule has 1 fully saturated rings. The molecule has 0 heterocycles. The SMILES string of the molecule is CC(C)=CCNCC1(O)CCC1. The molecule has 2 N–H and O–H groups in total. The summed E-state index contributed by atoms with van der Waals surface area (Å²) >= 11 is 0. The molecule has 0 aromatic rings. The highest BCUT2D eigenvalue weighted by Gasteiger charge is 2.33. The van der Waals surface area contributed by atoms with E-state index in [1.54, 1.807) is 0 Å². The lowest BCUT2D eigenvalue weighted by molar-refractivity contribution is -0.0305. The van der Waals surface area contributed by atoms with Crippen LogP contribution in [0.2, 0.25) is 0 Å². The average Bonchev–Trinajstić information content (AvgIpc) is 1.94. The summed E-state index contributed by atoms with van der Waals surface area (Å²) in [5.74, 6) is 0. The maximum absolute atomic E-state index is 9.69. The van der Waals surface area contributed by atoms with Gasteiger partial charge in [-0.3, -0.25) is 0 Å². The topological polar surface area (TPSA) is 32.3 Å². The second kappa shape index (κ2) is 4.06. The summed E-state index contributed by atoms with van der Waals surface area (Å²) in [5.41, 5.74) is 0.943. The van der Waals surface area contributed by atoms with Gasteiger partial charge >= 0.3 is 0 Å². The fraction of sp³-hybridized carbons (Fsp3) is 0.800. The van der Waals surface area contributed by atoms with Gasteiger partial charge in [-0.15, -0.1) is 0 Å². The van der Waals surface area contributed by atoms with Crippen LogP contribution in [0, 0.1) is 0 Å². The van der Waals surface area contributed by atoms with E-state index in [-0.39, 0.29) is 5.60 Å². The van der Waals surface area contributed by atoms with Gasteiger partial charge in [-0.1, -0.05) is 11.6 Å². The predicted molar refractivity (Wildman–Crippen MR) is 51.1 cm³/mol. The maximum atomic E-state index is 9.69. The zero-order chi connectivity index (χ0) is 9.03. The molecular weight excluding hydrogens is 150 g/mol. The Bertz CT molecular complexity index is 167. The molecule has 0 radical (unpaired) electrons. The Balaban J connectivity index is 2.06. The van der Waals surface area contributed by atoms with E-state index in [0.29, 0.717) is 0 Å². The number of hydrogen-bond acceptors (Lipinski definition) is 2. The molecule has 0 aliphatic heterocycles. The number of rotatable bonds is 4. The minimum Gasteiger partial charge on any atom is -0.389 e. The molecule has 0 spiro atoms. The first-order valence-electron chi connectivity index (χ1n) is 4.69. The Kier molecular flexibility index (Phi) is 3.29. The third-order valence-corrected chi connectivity index (χ3v) is 2.39. The molecule has 70 valence electrons. The van der Waals surface area contributed by atoms with Crippen LogP contribution in [0.5, 0.6) is 0 Å². The predicted octanol–water partition coefficient (Wildman–Crippen LogP) is 1.46. The molecule has 2 nitrogen and oxygen atoms in total. The van der Waals surface area contributed by atoms with E-state index >= 15 is 0 Å². The lowest BCUT2D eigenvalue weighted by Crippen LogP contribution is -2.46. The van der Waals surface area contributed by atoms with E-state index in [2.05, 4.69) is 25.2 Å². The second-order valence-corrected chi connectivity index (χ2v) is 3.99. The number of aliphatic hydroxyl groups is 1. The highest BCUT2D eigenvalue weighted by molar-refractivity contribution is 4.96. The zero-order valence-electron chi connectivity index (χ0n) is 8.06. The van der Waals surface area contributed by atoms with Crippen LogP contribution in [0.4, 0.5) is 0 Å². The molecule has 0 unspecified atom stereocenters. The van der Waals surface area contributed by atoms with Crippen LogP contribution in [-0.2, 0) is 0 Å². The number of hydrogen-bond donors (Lipinski definition) is 2. The molecule has 0 bridgehead atoms. The van der Waals surface area contributed by atoms with Crippen LogP contribution in [0.1, 0.15) is 33.1 Å². The molecule has 0 saturated heterocycles. The Morgan fingerprint density at radius 3 is 2.58 bits per heavy atom. The number of nitrogens with one attached hydrogen (secondary N) is 1. The molecule has 0 aromatic heterocycles. The monoisotopic (exact) mass is 169 g/mol. The van der Waals surface area contributed by atoms with Gasteiger partial charge in [0.1, 0.15) is 0 Å². The van der Waals surface area contributed by atoms with Crippen molar-refractivity contribution in [3.05, 3.63) is 11.6 Å². The van der Waals surface area contributed by atoms with E-state index in [1.165, 1.54) is 12.0 Å². The van der Waals surface area contributed by atoms with Gasteiger partial charge in [-0.05, 0) is 33.1 Å². The Morgan fingerprint density at radius 2 is 2.17 bits per heavy atom. The van der Waals surface area contributed by atoms with Crippen molar-refractivity contribution in [2.75, 3.05) is 13.1 Å². The second-order valence-electron chi connectivity index (χ2n) is 3.99. The Hall–Kier alpha value is -0.340. The van der Waals surface area contributed by atoms with Gasteiger partial charge in [0.05, 0.1) is 5.60 Å². The van der Waals surface area contributed by atoms with Gasteiger partial charge in [0.25, 0.3) is 0 Å². The zero-order valence-corrected chi connectivity index (χ0v) is 8.06. The normalized spacial score (nSPS) is 19.9. The van der Waals surface area contributed by atoms with Crippen molar-refractivity contribution in [3.63, 3.8) is 0 Å². The quantitative estimate of drug-likeness (QED) is 0.493. The van der Waals surface area contributed by atoms with Crippen molar-refractivity contribution in [2.24, 2.45) is 0 Å². The van der Waals surface area contributed by atoms with Crippen LogP contribution in [0.3, 0.4) is 0 Å². The highest BCUT2D eigenvalue weighted by Crippen LogP contribution is 2.30. The van der Waals surface area contributed by atoms with Crippen molar-refractivity contribution in [1.82, 2.24) is 5.32 Å². The van der Waals surface area contributed by atoms with Gasteiger partial charge in [-0.25, -0.2) is 0 Å². The molecule has 1 saturated carbocycles. The van der Waals surface area contributed by atoms with E-state index in [9.17, 15) is 5.11 Å². The fourth-order valence-corrected chi connectivity index (χ4v) is 1.34. The first kappa shape index (κ1) is 9.75. The molecule has 0 amide bonds. The molecule has 12 heavy (non-hydrogen) atoms. The summed E-state index contributed by atoms with van der Waals surface area (Å²) < 4.78 is 0.